The van der Waals surface area contributed by atoms with Gasteiger partial charge in [-0.25, -0.2) is 4.79 Å². The number of rotatable bonds is 3. The summed E-state index contributed by atoms with van der Waals surface area (Å²) >= 11 is 2.66. The van der Waals surface area contributed by atoms with Crippen molar-refractivity contribution < 1.29 is 19.8 Å². The number of thioether (sulfide) groups is 2. The summed E-state index contributed by atoms with van der Waals surface area (Å²) in [5.74, 6) is -1.87. The van der Waals surface area contributed by atoms with Crippen LogP contribution in [0.3, 0.4) is 0 Å². The van der Waals surface area contributed by atoms with Gasteiger partial charge in [0.2, 0.25) is 5.91 Å². The zero-order chi connectivity index (χ0) is 12.0. The van der Waals surface area contributed by atoms with Gasteiger partial charge in [0.1, 0.15) is 5.37 Å². The summed E-state index contributed by atoms with van der Waals surface area (Å²) in [6.07, 6.45) is 1.04. The van der Waals surface area contributed by atoms with Gasteiger partial charge in [0.15, 0.2) is 5.70 Å². The number of hydrogen-bond acceptors (Lipinski definition) is 5. The first kappa shape index (κ1) is 11.8. The number of carboxylic acid groups (broad SMARTS) is 1. The van der Waals surface area contributed by atoms with Crippen molar-refractivity contribution in [2.75, 3.05) is 6.26 Å². The van der Waals surface area contributed by atoms with Crippen molar-refractivity contribution >= 4 is 35.4 Å². The van der Waals surface area contributed by atoms with Crippen LogP contribution in [0, 0.1) is 5.92 Å². The Hall–Kier alpha value is -0.660. The molecule has 0 aliphatic carbocycles. The molecule has 2 heterocycles. The fraction of sp³-hybridized carbons (Fsp3) is 0.556. The molecule has 2 aliphatic rings. The molecule has 2 rings (SSSR count). The molecule has 0 aromatic rings. The van der Waals surface area contributed by atoms with E-state index < -0.39 is 18.0 Å². The number of carbonyl (C=O) groups is 2. The second-order valence-electron chi connectivity index (χ2n) is 3.63. The molecule has 0 bridgehead atoms. The lowest BCUT2D eigenvalue weighted by molar-refractivity contribution is -0.156. The van der Waals surface area contributed by atoms with Gasteiger partial charge in [-0.3, -0.25) is 9.69 Å². The van der Waals surface area contributed by atoms with Gasteiger partial charge in [-0.1, -0.05) is 11.8 Å². The Bertz CT molecular complexity index is 393. The third-order valence-corrected chi connectivity index (χ3v) is 5.16. The molecule has 2 aliphatic heterocycles. The molecule has 5 nitrogen and oxygen atoms in total. The van der Waals surface area contributed by atoms with Crippen molar-refractivity contribution in [3.05, 3.63) is 9.93 Å². The summed E-state index contributed by atoms with van der Waals surface area (Å²) in [7, 11) is 0. The maximum atomic E-state index is 11.7. The molecule has 16 heavy (non-hydrogen) atoms. The standard InChI is InChI=1S/C9H11NO4S2/c1-3(11)4-6(12)10-5(8(13)14)9(15-2)16-7(4)10/h3-4,7,11H,1-2H3,(H,13,14)/t3?,4-,7-/m1/s1. The van der Waals surface area contributed by atoms with Gasteiger partial charge in [0.05, 0.1) is 16.3 Å². The summed E-state index contributed by atoms with van der Waals surface area (Å²) in [5, 5.41) is 18.2. The first-order valence-corrected chi connectivity index (χ1v) is 6.78. The Morgan fingerprint density at radius 3 is 2.69 bits per heavy atom. The molecular weight excluding hydrogens is 250 g/mol. The number of aliphatic hydroxyl groups is 1. The molecule has 0 radical (unpaired) electrons. The Morgan fingerprint density at radius 2 is 2.25 bits per heavy atom. The first-order valence-electron chi connectivity index (χ1n) is 4.68. The van der Waals surface area contributed by atoms with E-state index in [0.29, 0.717) is 4.24 Å². The Labute approximate surface area is 101 Å². The molecular formula is C9H11NO4S2. The lowest BCUT2D eigenvalue weighted by atomic mass is 9.92. The maximum absolute atomic E-state index is 11.7. The molecule has 3 atom stereocenters. The molecule has 0 saturated carbocycles. The number of aliphatic hydroxyl groups excluding tert-OH is 1. The van der Waals surface area contributed by atoms with E-state index in [1.807, 2.05) is 0 Å². The van der Waals surface area contributed by atoms with Crippen LogP contribution in [0.4, 0.5) is 0 Å². The highest BCUT2D eigenvalue weighted by atomic mass is 32.2. The number of carboxylic acids is 1. The molecule has 88 valence electrons. The van der Waals surface area contributed by atoms with E-state index in [1.165, 1.54) is 28.4 Å². The summed E-state index contributed by atoms with van der Waals surface area (Å²) in [5.41, 5.74) is 0.0596. The van der Waals surface area contributed by atoms with Crippen molar-refractivity contribution in [2.45, 2.75) is 18.4 Å². The van der Waals surface area contributed by atoms with Gasteiger partial charge in [0.25, 0.3) is 0 Å². The highest BCUT2D eigenvalue weighted by Crippen LogP contribution is 2.53. The summed E-state index contributed by atoms with van der Waals surface area (Å²) in [4.78, 5) is 24.0. The quantitative estimate of drug-likeness (QED) is 0.721. The zero-order valence-electron chi connectivity index (χ0n) is 8.71. The molecule has 1 saturated heterocycles. The largest absolute Gasteiger partial charge is 0.477 e. The zero-order valence-corrected chi connectivity index (χ0v) is 10.3. The van der Waals surface area contributed by atoms with E-state index in [-0.39, 0.29) is 17.0 Å². The number of amides is 1. The van der Waals surface area contributed by atoms with E-state index in [1.54, 1.807) is 13.2 Å². The minimum atomic E-state index is -1.09. The topological polar surface area (TPSA) is 77.8 Å². The SMILES string of the molecule is CSC1=C(C(=O)O)N2C(=O)[C@@H](C(C)O)[C@H]2S1. The Kier molecular flexibility index (Phi) is 2.93. The molecule has 1 fully saturated rings. The van der Waals surface area contributed by atoms with Crippen LogP contribution in [0.5, 0.6) is 0 Å². The molecule has 0 spiro atoms. The lowest BCUT2D eigenvalue weighted by Crippen LogP contribution is -2.60. The Balaban J connectivity index is 2.29. The van der Waals surface area contributed by atoms with Gasteiger partial charge in [-0.05, 0) is 13.2 Å². The number of aliphatic carboxylic acids is 1. The van der Waals surface area contributed by atoms with Gasteiger partial charge in [0, 0.05) is 0 Å². The summed E-state index contributed by atoms with van der Waals surface area (Å²) in [6, 6.07) is 0. The van der Waals surface area contributed by atoms with Gasteiger partial charge in [-0.15, -0.1) is 11.8 Å². The fourth-order valence-corrected chi connectivity index (χ4v) is 4.27. The van der Waals surface area contributed by atoms with Gasteiger partial charge < -0.3 is 10.2 Å². The van der Waals surface area contributed by atoms with E-state index in [0.717, 1.165) is 0 Å². The van der Waals surface area contributed by atoms with Crippen LogP contribution in [0.2, 0.25) is 0 Å². The lowest BCUT2D eigenvalue weighted by Gasteiger charge is -2.43. The molecule has 1 unspecified atom stereocenters. The van der Waals surface area contributed by atoms with Crippen molar-refractivity contribution in [2.24, 2.45) is 5.92 Å². The summed E-state index contributed by atoms with van der Waals surface area (Å²) < 4.78 is 0.633. The van der Waals surface area contributed by atoms with E-state index >= 15 is 0 Å². The average molecular weight is 261 g/mol. The number of fused-ring (bicyclic) bond motifs is 1. The van der Waals surface area contributed by atoms with E-state index in [4.69, 9.17) is 5.11 Å². The smallest absolute Gasteiger partial charge is 0.354 e. The van der Waals surface area contributed by atoms with Crippen LogP contribution in [0.15, 0.2) is 9.93 Å². The van der Waals surface area contributed by atoms with E-state index in [9.17, 15) is 14.7 Å². The van der Waals surface area contributed by atoms with Crippen LogP contribution < -0.4 is 0 Å². The number of nitrogens with zero attached hydrogens (tertiary/aromatic N) is 1. The third kappa shape index (κ3) is 1.46. The molecule has 0 aromatic carbocycles. The van der Waals surface area contributed by atoms with Crippen molar-refractivity contribution in [1.82, 2.24) is 4.90 Å². The maximum Gasteiger partial charge on any atom is 0.354 e. The fourth-order valence-electron chi connectivity index (χ4n) is 1.89. The van der Waals surface area contributed by atoms with Crippen molar-refractivity contribution in [3.8, 4) is 0 Å². The molecule has 2 N–H and O–H groups in total. The summed E-state index contributed by atoms with van der Waals surface area (Å²) in [6.45, 7) is 1.55. The second kappa shape index (κ2) is 3.97. The average Bonchev–Trinajstić information content (AvgIpc) is 2.51. The van der Waals surface area contributed by atoms with E-state index in [2.05, 4.69) is 0 Å². The van der Waals surface area contributed by atoms with Crippen LogP contribution in [-0.2, 0) is 9.59 Å². The number of hydrogen-bond donors (Lipinski definition) is 2. The minimum Gasteiger partial charge on any atom is -0.477 e. The predicted octanol–water partition coefficient (Wildman–Crippen LogP) is 0.515. The molecule has 7 heteroatoms. The van der Waals surface area contributed by atoms with Crippen LogP contribution in [0.1, 0.15) is 6.92 Å². The normalized spacial score (nSPS) is 30.2. The highest BCUT2D eigenvalue weighted by molar-refractivity contribution is 8.22. The number of β-lactam (4-membered cyclic amide) rings is 1. The van der Waals surface area contributed by atoms with Crippen LogP contribution in [-0.4, -0.2) is 44.7 Å². The number of carbonyl (C=O) groups excluding carboxylic acids is 1. The molecule has 0 aromatic heterocycles. The predicted molar refractivity (Wildman–Crippen MR) is 61.6 cm³/mol. The van der Waals surface area contributed by atoms with Crippen molar-refractivity contribution in [1.29, 1.82) is 0 Å². The van der Waals surface area contributed by atoms with Crippen molar-refractivity contribution in [3.63, 3.8) is 0 Å². The third-order valence-electron chi connectivity index (χ3n) is 2.65. The van der Waals surface area contributed by atoms with Gasteiger partial charge >= 0.3 is 5.97 Å². The minimum absolute atomic E-state index is 0.0596. The van der Waals surface area contributed by atoms with Crippen LogP contribution in [0.25, 0.3) is 0 Å². The first-order chi connectivity index (χ1) is 7.49. The monoisotopic (exact) mass is 261 g/mol. The van der Waals surface area contributed by atoms with Gasteiger partial charge in [-0.2, -0.15) is 0 Å². The second-order valence-corrected chi connectivity index (χ2v) is 5.83. The van der Waals surface area contributed by atoms with Crippen LogP contribution >= 0.6 is 23.5 Å². The highest BCUT2D eigenvalue weighted by Gasteiger charge is 2.57. The Morgan fingerprint density at radius 1 is 1.62 bits per heavy atom. The molecule has 1 amide bonds.